The summed E-state index contributed by atoms with van der Waals surface area (Å²) in [5.41, 5.74) is 2.38. The van der Waals surface area contributed by atoms with Crippen LogP contribution in [-0.2, 0) is 0 Å². The van der Waals surface area contributed by atoms with Crippen LogP contribution < -0.4 is 0 Å². The van der Waals surface area contributed by atoms with Crippen molar-refractivity contribution in [3.8, 4) is 10.6 Å². The van der Waals surface area contributed by atoms with Gasteiger partial charge in [-0.15, -0.1) is 11.3 Å². The zero-order valence-corrected chi connectivity index (χ0v) is 13.4. The Bertz CT molecular complexity index is 829. The highest BCUT2D eigenvalue weighted by Crippen LogP contribution is 2.41. The molecular weight excluding hydrogens is 309 g/mol. The topological polar surface area (TPSA) is 38.7 Å². The van der Waals surface area contributed by atoms with E-state index in [4.69, 9.17) is 11.6 Å². The van der Waals surface area contributed by atoms with Gasteiger partial charge >= 0.3 is 0 Å². The molecule has 0 aliphatic carbocycles. The minimum absolute atomic E-state index is 0.0467. The Hall–Kier alpha value is -1.59. The lowest BCUT2D eigenvalue weighted by Crippen LogP contribution is -1.91. The predicted molar refractivity (Wildman–Crippen MR) is 84.4 cm³/mol. The number of aromatic nitrogens is 3. The third-order valence-corrected chi connectivity index (χ3v) is 4.97. The normalized spacial score (nSPS) is 11.5. The Morgan fingerprint density at radius 2 is 2.00 bits per heavy atom. The molecule has 0 aromatic carbocycles. The van der Waals surface area contributed by atoms with Gasteiger partial charge in [0.2, 0.25) is 5.28 Å². The number of hydrogen-bond acceptors (Lipinski definition) is 4. The molecule has 0 radical (unpaired) electrons. The predicted octanol–water partition coefficient (Wildman–Crippen LogP) is 4.98. The summed E-state index contributed by atoms with van der Waals surface area (Å²) in [5, 5.41) is 1.08. The van der Waals surface area contributed by atoms with Crippen LogP contribution >= 0.6 is 22.9 Å². The van der Waals surface area contributed by atoms with Gasteiger partial charge in [-0.3, -0.25) is 4.98 Å². The quantitative estimate of drug-likeness (QED) is 0.625. The molecule has 0 bridgehead atoms. The number of thiophene rings is 1. The summed E-state index contributed by atoms with van der Waals surface area (Å²) in [6, 6.07) is 0. The third kappa shape index (κ3) is 2.40. The maximum absolute atomic E-state index is 14.0. The summed E-state index contributed by atoms with van der Waals surface area (Å²) in [7, 11) is 0. The molecule has 0 spiro atoms. The molecule has 3 rings (SSSR count). The van der Waals surface area contributed by atoms with Gasteiger partial charge in [0, 0.05) is 22.5 Å². The van der Waals surface area contributed by atoms with Crippen LogP contribution in [0.4, 0.5) is 4.39 Å². The summed E-state index contributed by atoms with van der Waals surface area (Å²) in [4.78, 5) is 12.8. The van der Waals surface area contributed by atoms with E-state index >= 15 is 0 Å². The van der Waals surface area contributed by atoms with Gasteiger partial charge in [0.1, 0.15) is 5.69 Å². The monoisotopic (exact) mass is 321 g/mol. The van der Waals surface area contributed by atoms with Gasteiger partial charge in [-0.05, 0) is 35.6 Å². The molecule has 3 aromatic rings. The lowest BCUT2D eigenvalue weighted by Gasteiger charge is -2.05. The molecule has 0 N–H and O–H groups in total. The molecule has 0 saturated carbocycles. The number of rotatable bonds is 2. The van der Waals surface area contributed by atoms with Gasteiger partial charge in [0.25, 0.3) is 0 Å². The van der Waals surface area contributed by atoms with E-state index in [1.54, 1.807) is 0 Å². The largest absolute Gasteiger partial charge is 0.264 e. The van der Waals surface area contributed by atoms with Gasteiger partial charge in [-0.1, -0.05) is 13.8 Å². The first-order valence-electron chi connectivity index (χ1n) is 6.54. The number of pyridine rings is 1. The van der Waals surface area contributed by atoms with Crippen molar-refractivity contribution in [3.05, 3.63) is 40.8 Å². The molecule has 0 aliphatic heterocycles. The zero-order valence-electron chi connectivity index (χ0n) is 11.8. The minimum Gasteiger partial charge on any atom is -0.264 e. The molecule has 0 amide bonds. The van der Waals surface area contributed by atoms with E-state index < -0.39 is 5.82 Å². The first kappa shape index (κ1) is 14.4. The molecule has 0 atom stereocenters. The Balaban J connectivity index is 2.32. The molecule has 3 nitrogen and oxygen atoms in total. The second kappa shape index (κ2) is 5.31. The Morgan fingerprint density at radius 1 is 1.24 bits per heavy atom. The highest BCUT2D eigenvalue weighted by Gasteiger charge is 2.19. The molecule has 0 fully saturated rings. The number of nitrogens with zero attached hydrogens (tertiary/aromatic N) is 3. The van der Waals surface area contributed by atoms with Crippen molar-refractivity contribution in [1.29, 1.82) is 0 Å². The van der Waals surface area contributed by atoms with E-state index in [0.717, 1.165) is 32.3 Å². The molecule has 108 valence electrons. The average Bonchev–Trinajstić information content (AvgIpc) is 2.79. The molecule has 3 heterocycles. The smallest absolute Gasteiger partial charge is 0.223 e. The fourth-order valence-corrected chi connectivity index (χ4v) is 3.85. The minimum atomic E-state index is -0.465. The number of aryl methyl sites for hydroxylation is 1. The number of hydrogen-bond donors (Lipinski definition) is 0. The summed E-state index contributed by atoms with van der Waals surface area (Å²) in [6.45, 7) is 6.19. The maximum Gasteiger partial charge on any atom is 0.223 e. The first-order valence-corrected chi connectivity index (χ1v) is 7.74. The summed E-state index contributed by atoms with van der Waals surface area (Å²) in [6.07, 6.45) is 4.80. The van der Waals surface area contributed by atoms with E-state index in [2.05, 4.69) is 28.8 Å². The third-order valence-electron chi connectivity index (χ3n) is 3.42. The van der Waals surface area contributed by atoms with Crippen LogP contribution in [0, 0.1) is 12.7 Å². The SMILES string of the molecule is Cc1c(-c2nc(Cl)ncc2F)sc2c(C(C)C)cncc12. The van der Waals surface area contributed by atoms with Crippen LogP contribution in [0.25, 0.3) is 20.7 Å². The Morgan fingerprint density at radius 3 is 2.71 bits per heavy atom. The lowest BCUT2D eigenvalue weighted by molar-refractivity contribution is 0.618. The highest BCUT2D eigenvalue weighted by molar-refractivity contribution is 7.22. The molecule has 3 aromatic heterocycles. The second-order valence-corrected chi connectivity index (χ2v) is 6.51. The van der Waals surface area contributed by atoms with E-state index in [0.29, 0.717) is 5.92 Å². The van der Waals surface area contributed by atoms with Crippen LogP contribution in [0.5, 0.6) is 0 Å². The van der Waals surface area contributed by atoms with Crippen molar-refractivity contribution in [3.63, 3.8) is 0 Å². The molecular formula is C15H13ClFN3S. The van der Waals surface area contributed by atoms with Crippen molar-refractivity contribution in [2.24, 2.45) is 0 Å². The molecule has 0 saturated heterocycles. The molecule has 6 heteroatoms. The molecule has 21 heavy (non-hydrogen) atoms. The van der Waals surface area contributed by atoms with Crippen LogP contribution in [0.2, 0.25) is 5.28 Å². The highest BCUT2D eigenvalue weighted by atomic mass is 35.5. The van der Waals surface area contributed by atoms with Gasteiger partial charge in [0.15, 0.2) is 5.82 Å². The van der Waals surface area contributed by atoms with Crippen molar-refractivity contribution in [1.82, 2.24) is 15.0 Å². The maximum atomic E-state index is 14.0. The Labute approximate surface area is 130 Å². The van der Waals surface area contributed by atoms with Crippen molar-refractivity contribution >= 4 is 33.0 Å². The van der Waals surface area contributed by atoms with E-state index in [1.165, 1.54) is 11.3 Å². The average molecular weight is 322 g/mol. The van der Waals surface area contributed by atoms with Crippen molar-refractivity contribution in [2.45, 2.75) is 26.7 Å². The summed E-state index contributed by atoms with van der Waals surface area (Å²) in [5.74, 6) is -0.112. The Kier molecular flexibility index (Phi) is 3.63. The standard InChI is InChI=1S/C15H13ClFN3S/c1-7(2)9-4-18-5-10-8(3)13(21-14(9)10)12-11(17)6-19-15(16)20-12/h4-7H,1-3H3. The van der Waals surface area contributed by atoms with Crippen LogP contribution in [0.1, 0.15) is 30.9 Å². The molecule has 0 unspecified atom stereocenters. The van der Waals surface area contributed by atoms with Crippen molar-refractivity contribution < 1.29 is 4.39 Å². The van der Waals surface area contributed by atoms with E-state index in [-0.39, 0.29) is 11.0 Å². The van der Waals surface area contributed by atoms with Gasteiger partial charge < -0.3 is 0 Å². The van der Waals surface area contributed by atoms with E-state index in [1.807, 2.05) is 19.3 Å². The zero-order chi connectivity index (χ0) is 15.1. The van der Waals surface area contributed by atoms with Gasteiger partial charge in [-0.2, -0.15) is 0 Å². The fourth-order valence-electron chi connectivity index (χ4n) is 2.29. The lowest BCUT2D eigenvalue weighted by atomic mass is 10.0. The summed E-state index contributed by atoms with van der Waals surface area (Å²) < 4.78 is 15.2. The molecule has 0 aliphatic rings. The summed E-state index contributed by atoms with van der Waals surface area (Å²) >= 11 is 7.33. The number of fused-ring (bicyclic) bond motifs is 1. The number of halogens is 2. The second-order valence-electron chi connectivity index (χ2n) is 5.15. The van der Waals surface area contributed by atoms with Crippen molar-refractivity contribution in [2.75, 3.05) is 0 Å². The first-order chi connectivity index (χ1) is 9.99. The van der Waals surface area contributed by atoms with Crippen LogP contribution in [0.3, 0.4) is 0 Å². The van der Waals surface area contributed by atoms with Gasteiger partial charge in [0.05, 0.1) is 11.1 Å². The van der Waals surface area contributed by atoms with Crippen LogP contribution in [-0.4, -0.2) is 15.0 Å². The fraction of sp³-hybridized carbons (Fsp3) is 0.267. The van der Waals surface area contributed by atoms with E-state index in [9.17, 15) is 4.39 Å². The van der Waals surface area contributed by atoms with Gasteiger partial charge in [-0.25, -0.2) is 14.4 Å². The van der Waals surface area contributed by atoms with Crippen LogP contribution in [0.15, 0.2) is 18.6 Å².